The van der Waals surface area contributed by atoms with E-state index in [0.29, 0.717) is 12.8 Å². The van der Waals surface area contributed by atoms with Crippen molar-refractivity contribution in [3.8, 4) is 0 Å². The molecular formula is C14H23NO3. The maximum absolute atomic E-state index is 12.5. The molecule has 2 rings (SSSR count). The Hall–Kier alpha value is -1.06. The van der Waals surface area contributed by atoms with Crippen LogP contribution in [0.3, 0.4) is 0 Å². The van der Waals surface area contributed by atoms with Crippen LogP contribution in [0, 0.1) is 16.7 Å². The van der Waals surface area contributed by atoms with Crippen molar-refractivity contribution in [1.82, 2.24) is 4.90 Å². The summed E-state index contributed by atoms with van der Waals surface area (Å²) >= 11 is 0. The van der Waals surface area contributed by atoms with Gasteiger partial charge in [0.05, 0.1) is 5.41 Å². The molecule has 0 radical (unpaired) electrons. The first-order valence-corrected chi connectivity index (χ1v) is 6.83. The lowest BCUT2D eigenvalue weighted by atomic mass is 9.65. The van der Waals surface area contributed by atoms with E-state index in [2.05, 4.69) is 0 Å². The molecule has 2 fully saturated rings. The molecular weight excluding hydrogens is 230 g/mol. The van der Waals surface area contributed by atoms with Gasteiger partial charge in [-0.2, -0.15) is 0 Å². The van der Waals surface area contributed by atoms with Crippen LogP contribution in [0.4, 0.5) is 0 Å². The van der Waals surface area contributed by atoms with Crippen molar-refractivity contribution in [3.63, 3.8) is 0 Å². The monoisotopic (exact) mass is 253 g/mol. The predicted molar refractivity (Wildman–Crippen MR) is 68.1 cm³/mol. The fourth-order valence-electron chi connectivity index (χ4n) is 3.47. The number of aliphatic carboxylic acids is 1. The number of amides is 1. The summed E-state index contributed by atoms with van der Waals surface area (Å²) in [4.78, 5) is 25.9. The highest BCUT2D eigenvalue weighted by atomic mass is 16.4. The topological polar surface area (TPSA) is 57.6 Å². The van der Waals surface area contributed by atoms with Crippen LogP contribution in [-0.4, -0.2) is 35.0 Å². The number of hydrogen-bond acceptors (Lipinski definition) is 2. The molecule has 2 aliphatic rings. The summed E-state index contributed by atoms with van der Waals surface area (Å²) in [5.41, 5.74) is -1.26. The molecule has 102 valence electrons. The van der Waals surface area contributed by atoms with E-state index in [4.69, 9.17) is 0 Å². The number of carbonyl (C=O) groups is 2. The summed E-state index contributed by atoms with van der Waals surface area (Å²) in [7, 11) is 0. The fourth-order valence-corrected chi connectivity index (χ4v) is 3.47. The third-order valence-corrected chi connectivity index (χ3v) is 5.41. The molecule has 0 unspecified atom stereocenters. The third kappa shape index (κ3) is 1.73. The van der Waals surface area contributed by atoms with Gasteiger partial charge in [0.1, 0.15) is 0 Å². The predicted octanol–water partition coefficient (Wildman–Crippen LogP) is 2.14. The second-order valence-electron chi connectivity index (χ2n) is 6.48. The van der Waals surface area contributed by atoms with E-state index in [0.717, 1.165) is 25.9 Å². The van der Waals surface area contributed by atoms with Gasteiger partial charge in [0, 0.05) is 19.0 Å². The molecule has 1 saturated heterocycles. The van der Waals surface area contributed by atoms with E-state index >= 15 is 0 Å². The van der Waals surface area contributed by atoms with Gasteiger partial charge in [0.2, 0.25) is 5.91 Å². The number of rotatable bonds is 2. The molecule has 1 saturated carbocycles. The van der Waals surface area contributed by atoms with Gasteiger partial charge in [-0.1, -0.05) is 13.8 Å². The second-order valence-corrected chi connectivity index (χ2v) is 6.48. The van der Waals surface area contributed by atoms with Crippen LogP contribution in [-0.2, 0) is 9.59 Å². The summed E-state index contributed by atoms with van der Waals surface area (Å²) in [5.74, 6) is -0.747. The average molecular weight is 253 g/mol. The highest BCUT2D eigenvalue weighted by Crippen LogP contribution is 2.56. The van der Waals surface area contributed by atoms with E-state index < -0.39 is 16.8 Å². The van der Waals surface area contributed by atoms with Crippen molar-refractivity contribution in [3.05, 3.63) is 0 Å². The largest absolute Gasteiger partial charge is 0.481 e. The van der Waals surface area contributed by atoms with Crippen molar-refractivity contribution in [1.29, 1.82) is 0 Å². The van der Waals surface area contributed by atoms with Crippen molar-refractivity contribution < 1.29 is 14.7 Å². The highest BCUT2D eigenvalue weighted by molar-refractivity contribution is 5.84. The summed E-state index contributed by atoms with van der Waals surface area (Å²) in [6.45, 7) is 7.34. The Bertz CT molecular complexity index is 371. The third-order valence-electron chi connectivity index (χ3n) is 5.41. The number of carboxylic acids is 1. The van der Waals surface area contributed by atoms with Gasteiger partial charge in [0.15, 0.2) is 0 Å². The number of carboxylic acid groups (broad SMARTS) is 1. The molecule has 18 heavy (non-hydrogen) atoms. The molecule has 0 bridgehead atoms. The number of likely N-dealkylation sites (tertiary alicyclic amines) is 1. The van der Waals surface area contributed by atoms with E-state index in [1.807, 2.05) is 18.7 Å². The molecule has 0 spiro atoms. The molecule has 4 heteroatoms. The average Bonchev–Trinajstić information content (AvgIpc) is 2.87. The Labute approximate surface area is 108 Å². The molecule has 2 atom stereocenters. The summed E-state index contributed by atoms with van der Waals surface area (Å²) in [5, 5.41) is 9.45. The summed E-state index contributed by atoms with van der Waals surface area (Å²) in [6, 6.07) is 0. The minimum atomic E-state index is -0.785. The van der Waals surface area contributed by atoms with Gasteiger partial charge in [-0.3, -0.25) is 9.59 Å². The van der Waals surface area contributed by atoms with E-state index in [9.17, 15) is 14.7 Å². The lowest BCUT2D eigenvalue weighted by Gasteiger charge is -2.38. The first kappa shape index (κ1) is 13.4. The minimum absolute atomic E-state index is 0.142. The molecule has 0 aromatic heterocycles. The van der Waals surface area contributed by atoms with Crippen LogP contribution >= 0.6 is 0 Å². The summed E-state index contributed by atoms with van der Waals surface area (Å²) in [6.07, 6.45) is 3.45. The second kappa shape index (κ2) is 4.25. The van der Waals surface area contributed by atoms with Gasteiger partial charge in [0.25, 0.3) is 0 Å². The molecule has 1 N–H and O–H groups in total. The van der Waals surface area contributed by atoms with Crippen molar-refractivity contribution in [2.45, 2.75) is 46.5 Å². The standard InChI is InChI=1S/C14H23NO3/c1-13(2)10(6-7-14(13,3)12(17)18)11(16)15-8-4-5-9-15/h10H,4-9H2,1-3H3,(H,17,18)/t10-,14+/m0/s1. The Morgan fingerprint density at radius 3 is 2.17 bits per heavy atom. The van der Waals surface area contributed by atoms with Gasteiger partial charge in [-0.15, -0.1) is 0 Å². The molecule has 4 nitrogen and oxygen atoms in total. The first-order valence-electron chi connectivity index (χ1n) is 6.83. The van der Waals surface area contributed by atoms with E-state index in [1.165, 1.54) is 0 Å². The van der Waals surface area contributed by atoms with Crippen LogP contribution in [0.1, 0.15) is 46.5 Å². The Morgan fingerprint density at radius 1 is 1.17 bits per heavy atom. The van der Waals surface area contributed by atoms with Crippen LogP contribution in [0.25, 0.3) is 0 Å². The summed E-state index contributed by atoms with van der Waals surface area (Å²) < 4.78 is 0. The molecule has 1 heterocycles. The Kier molecular flexibility index (Phi) is 3.16. The van der Waals surface area contributed by atoms with Crippen LogP contribution in [0.2, 0.25) is 0 Å². The van der Waals surface area contributed by atoms with Crippen LogP contribution < -0.4 is 0 Å². The van der Waals surface area contributed by atoms with E-state index in [-0.39, 0.29) is 11.8 Å². The molecule has 1 aliphatic carbocycles. The normalized spacial score (nSPS) is 34.8. The van der Waals surface area contributed by atoms with Crippen LogP contribution in [0.5, 0.6) is 0 Å². The molecule has 1 aliphatic heterocycles. The quantitative estimate of drug-likeness (QED) is 0.820. The fraction of sp³-hybridized carbons (Fsp3) is 0.857. The molecule has 0 aromatic carbocycles. The highest BCUT2D eigenvalue weighted by Gasteiger charge is 2.58. The lowest BCUT2D eigenvalue weighted by Crippen LogP contribution is -2.46. The SMILES string of the molecule is CC1(C)[C@H](C(=O)N2CCCC2)CC[C@]1(C)C(=O)O. The zero-order chi connectivity index (χ0) is 13.6. The number of nitrogens with zero attached hydrogens (tertiary/aromatic N) is 1. The Morgan fingerprint density at radius 2 is 1.72 bits per heavy atom. The van der Waals surface area contributed by atoms with E-state index in [1.54, 1.807) is 6.92 Å². The lowest BCUT2D eigenvalue weighted by molar-refractivity contribution is -0.156. The smallest absolute Gasteiger partial charge is 0.309 e. The minimum Gasteiger partial charge on any atom is -0.481 e. The Balaban J connectivity index is 2.21. The van der Waals surface area contributed by atoms with Crippen LogP contribution in [0.15, 0.2) is 0 Å². The zero-order valence-corrected chi connectivity index (χ0v) is 11.5. The maximum atomic E-state index is 12.5. The molecule has 0 aromatic rings. The van der Waals surface area contributed by atoms with Crippen molar-refractivity contribution >= 4 is 11.9 Å². The first-order chi connectivity index (χ1) is 8.30. The maximum Gasteiger partial charge on any atom is 0.309 e. The van der Waals surface area contributed by atoms with Gasteiger partial charge >= 0.3 is 5.97 Å². The van der Waals surface area contributed by atoms with Gasteiger partial charge in [-0.05, 0) is 38.0 Å². The number of carbonyl (C=O) groups excluding carboxylic acids is 1. The molecule has 1 amide bonds. The zero-order valence-electron chi connectivity index (χ0n) is 11.5. The van der Waals surface area contributed by atoms with Gasteiger partial charge < -0.3 is 10.0 Å². The number of hydrogen-bond donors (Lipinski definition) is 1. The van der Waals surface area contributed by atoms with Gasteiger partial charge in [-0.25, -0.2) is 0 Å². The van der Waals surface area contributed by atoms with Crippen molar-refractivity contribution in [2.24, 2.45) is 16.7 Å². The van der Waals surface area contributed by atoms with Crippen molar-refractivity contribution in [2.75, 3.05) is 13.1 Å².